The molecule has 0 spiro atoms. The molecule has 0 fully saturated rings. The lowest BCUT2D eigenvalue weighted by Crippen LogP contribution is -2.52. The summed E-state index contributed by atoms with van der Waals surface area (Å²) in [4.78, 5) is 24.6. The van der Waals surface area contributed by atoms with Gasteiger partial charge in [-0.1, -0.05) is 0 Å². The number of esters is 1. The van der Waals surface area contributed by atoms with E-state index in [1.165, 1.54) is 14.2 Å². The molecule has 0 radical (unpaired) electrons. The molecule has 0 saturated heterocycles. The second-order valence-corrected chi connectivity index (χ2v) is 6.12. The number of carbonyl (C=O) groups excluding carboxylic acids is 2. The number of carbonyl (C=O) groups is 2. The Kier molecular flexibility index (Phi) is 6.15. The molecule has 0 aliphatic rings. The van der Waals surface area contributed by atoms with E-state index in [4.69, 9.17) is 9.47 Å². The van der Waals surface area contributed by atoms with Crippen molar-refractivity contribution in [2.75, 3.05) is 40.2 Å². The van der Waals surface area contributed by atoms with Crippen molar-refractivity contribution in [2.45, 2.75) is 26.8 Å². The number of nitrogens with one attached hydrogen (secondary N) is 1. The number of ether oxygens (including phenoxy) is 2. The molecule has 128 valence electrons. The number of hydrogen-bond acceptors (Lipinski definition) is 4. The fraction of sp³-hybridized carbons (Fsp3) is 0.529. The number of nitrogens with zero attached hydrogens (tertiary/aromatic N) is 1. The predicted molar refractivity (Wildman–Crippen MR) is 89.8 cm³/mol. The van der Waals surface area contributed by atoms with Gasteiger partial charge < -0.3 is 19.3 Å². The number of likely N-dealkylation sites (N-methyl/N-ethyl adjacent to an activating group) is 1. The molecule has 0 aliphatic carbocycles. The summed E-state index contributed by atoms with van der Waals surface area (Å²) in [6.07, 6.45) is 0. The van der Waals surface area contributed by atoms with Crippen LogP contribution < -0.4 is 10.1 Å². The molecule has 6 heteroatoms. The van der Waals surface area contributed by atoms with Crippen LogP contribution in [0.4, 0.5) is 5.69 Å². The van der Waals surface area contributed by atoms with Gasteiger partial charge in [-0.15, -0.1) is 0 Å². The van der Waals surface area contributed by atoms with Crippen LogP contribution in [-0.2, 0) is 9.53 Å². The smallest absolute Gasteiger partial charge is 0.340 e. The Balaban J connectivity index is 3.22. The van der Waals surface area contributed by atoms with E-state index in [1.54, 1.807) is 12.1 Å². The molecule has 1 aromatic rings. The fourth-order valence-electron chi connectivity index (χ4n) is 2.13. The number of benzene rings is 1. The molecule has 6 nitrogen and oxygen atoms in total. The van der Waals surface area contributed by atoms with Crippen molar-refractivity contribution >= 4 is 17.6 Å². The molecule has 0 aromatic heterocycles. The number of amides is 1. The molecular weight excluding hydrogens is 296 g/mol. The number of rotatable bonds is 6. The number of hydrogen-bond donors (Lipinski definition) is 1. The van der Waals surface area contributed by atoms with Crippen LogP contribution in [0.5, 0.6) is 5.75 Å². The Morgan fingerprint density at radius 2 is 1.87 bits per heavy atom. The molecule has 1 aromatic carbocycles. The minimum Gasteiger partial charge on any atom is -0.497 e. The van der Waals surface area contributed by atoms with Gasteiger partial charge in [-0.25, -0.2) is 4.79 Å². The van der Waals surface area contributed by atoms with Crippen LogP contribution in [0.3, 0.4) is 0 Å². The standard InChI is InChI=1S/C17H26N2O4/c1-8-19(4,5)12(3)16(20)18-15-11(2)9-13(22-6)10-14(15)17(21)23-7/h9-10,12H,8H2,1-7H3/p+1. The summed E-state index contributed by atoms with van der Waals surface area (Å²) in [6.45, 7) is 6.53. The number of anilines is 1. The molecule has 1 amide bonds. The normalized spacial score (nSPS) is 12.5. The third-order valence-electron chi connectivity index (χ3n) is 4.44. The Morgan fingerprint density at radius 1 is 1.26 bits per heavy atom. The molecule has 0 aliphatic heterocycles. The van der Waals surface area contributed by atoms with Gasteiger partial charge >= 0.3 is 5.97 Å². The summed E-state index contributed by atoms with van der Waals surface area (Å²) in [5.74, 6) is -0.118. The predicted octanol–water partition coefficient (Wildman–Crippen LogP) is 2.21. The molecule has 0 bridgehead atoms. The highest BCUT2D eigenvalue weighted by molar-refractivity contribution is 6.03. The van der Waals surface area contributed by atoms with Gasteiger partial charge in [0.1, 0.15) is 5.75 Å². The van der Waals surface area contributed by atoms with Gasteiger partial charge in [-0.2, -0.15) is 0 Å². The molecule has 1 atom stereocenters. The largest absolute Gasteiger partial charge is 0.497 e. The zero-order valence-electron chi connectivity index (χ0n) is 15.0. The molecule has 23 heavy (non-hydrogen) atoms. The molecular formula is C17H27N2O4+. The summed E-state index contributed by atoms with van der Waals surface area (Å²) < 4.78 is 10.5. The van der Waals surface area contributed by atoms with E-state index in [9.17, 15) is 9.59 Å². The van der Waals surface area contributed by atoms with Gasteiger partial charge in [0.2, 0.25) is 0 Å². The molecule has 1 rings (SSSR count). The quantitative estimate of drug-likeness (QED) is 0.644. The van der Waals surface area contributed by atoms with Gasteiger partial charge in [0, 0.05) is 0 Å². The van der Waals surface area contributed by atoms with Crippen LogP contribution in [0, 0.1) is 6.92 Å². The fourth-order valence-corrected chi connectivity index (χ4v) is 2.13. The summed E-state index contributed by atoms with van der Waals surface area (Å²) in [7, 11) is 6.82. The molecule has 0 saturated carbocycles. The van der Waals surface area contributed by atoms with Crippen LogP contribution in [-0.4, -0.2) is 57.3 Å². The Morgan fingerprint density at radius 3 is 2.35 bits per heavy atom. The first-order valence-corrected chi connectivity index (χ1v) is 7.58. The minimum atomic E-state index is -0.515. The van der Waals surface area contributed by atoms with Crippen molar-refractivity contribution in [1.82, 2.24) is 0 Å². The maximum atomic E-state index is 12.6. The van der Waals surface area contributed by atoms with E-state index in [2.05, 4.69) is 5.32 Å². The van der Waals surface area contributed by atoms with Gasteiger partial charge in [-0.3, -0.25) is 4.79 Å². The third kappa shape index (κ3) is 4.22. The second kappa shape index (κ2) is 7.46. The zero-order chi connectivity index (χ0) is 17.8. The van der Waals surface area contributed by atoms with Crippen LogP contribution in [0.15, 0.2) is 12.1 Å². The first-order chi connectivity index (χ1) is 10.7. The third-order valence-corrected chi connectivity index (χ3v) is 4.44. The van der Waals surface area contributed by atoms with Crippen molar-refractivity contribution < 1.29 is 23.5 Å². The Labute approximate surface area is 138 Å². The summed E-state index contributed by atoms with van der Waals surface area (Å²) in [5, 5.41) is 2.87. The summed E-state index contributed by atoms with van der Waals surface area (Å²) in [6, 6.07) is 3.08. The van der Waals surface area contributed by atoms with Crippen molar-refractivity contribution in [1.29, 1.82) is 0 Å². The van der Waals surface area contributed by atoms with Crippen LogP contribution in [0.25, 0.3) is 0 Å². The van der Waals surface area contributed by atoms with Crippen molar-refractivity contribution in [3.63, 3.8) is 0 Å². The van der Waals surface area contributed by atoms with E-state index < -0.39 is 5.97 Å². The lowest BCUT2D eigenvalue weighted by molar-refractivity contribution is -0.902. The first kappa shape index (κ1) is 19.0. The maximum Gasteiger partial charge on any atom is 0.340 e. The van der Waals surface area contributed by atoms with E-state index in [1.807, 2.05) is 34.9 Å². The summed E-state index contributed by atoms with van der Waals surface area (Å²) >= 11 is 0. The van der Waals surface area contributed by atoms with Gasteiger partial charge in [0.05, 0.1) is 46.1 Å². The maximum absolute atomic E-state index is 12.6. The average molecular weight is 323 g/mol. The van der Waals surface area contributed by atoms with Crippen molar-refractivity contribution in [2.24, 2.45) is 0 Å². The topological polar surface area (TPSA) is 64.6 Å². The Bertz CT molecular complexity index is 597. The van der Waals surface area contributed by atoms with E-state index in [-0.39, 0.29) is 17.5 Å². The van der Waals surface area contributed by atoms with Crippen molar-refractivity contribution in [3.8, 4) is 5.75 Å². The van der Waals surface area contributed by atoms with Crippen molar-refractivity contribution in [3.05, 3.63) is 23.3 Å². The molecule has 1 N–H and O–H groups in total. The van der Waals surface area contributed by atoms with Gasteiger partial charge in [0.25, 0.3) is 5.91 Å². The first-order valence-electron chi connectivity index (χ1n) is 7.58. The van der Waals surface area contributed by atoms with Crippen LogP contribution >= 0.6 is 0 Å². The van der Waals surface area contributed by atoms with Gasteiger partial charge in [-0.05, 0) is 38.5 Å². The highest BCUT2D eigenvalue weighted by Gasteiger charge is 2.30. The average Bonchev–Trinajstić information content (AvgIpc) is 2.54. The van der Waals surface area contributed by atoms with Crippen LogP contribution in [0.2, 0.25) is 0 Å². The van der Waals surface area contributed by atoms with E-state index in [0.717, 1.165) is 12.1 Å². The monoisotopic (exact) mass is 323 g/mol. The lowest BCUT2D eigenvalue weighted by Gasteiger charge is -2.34. The summed E-state index contributed by atoms with van der Waals surface area (Å²) in [5.41, 5.74) is 1.49. The SMILES string of the molecule is CC[N+](C)(C)C(C)C(=O)Nc1c(C)cc(OC)cc1C(=O)OC. The number of quaternary nitrogens is 1. The van der Waals surface area contributed by atoms with Gasteiger partial charge in [0.15, 0.2) is 6.04 Å². The highest BCUT2D eigenvalue weighted by Crippen LogP contribution is 2.28. The molecule has 1 unspecified atom stereocenters. The highest BCUT2D eigenvalue weighted by atomic mass is 16.5. The lowest BCUT2D eigenvalue weighted by atomic mass is 10.1. The second-order valence-electron chi connectivity index (χ2n) is 6.12. The number of aryl methyl sites for hydroxylation is 1. The van der Waals surface area contributed by atoms with E-state index >= 15 is 0 Å². The number of methoxy groups -OCH3 is 2. The molecule has 0 heterocycles. The van der Waals surface area contributed by atoms with Crippen LogP contribution in [0.1, 0.15) is 29.8 Å². The Hall–Kier alpha value is -2.08. The minimum absolute atomic E-state index is 0.143. The van der Waals surface area contributed by atoms with E-state index in [0.29, 0.717) is 15.9 Å². The zero-order valence-corrected chi connectivity index (χ0v) is 15.0.